The van der Waals surface area contributed by atoms with Gasteiger partial charge in [-0.1, -0.05) is 6.07 Å². The Hall–Kier alpha value is -4.11. The van der Waals surface area contributed by atoms with Gasteiger partial charge >= 0.3 is 0 Å². The van der Waals surface area contributed by atoms with Crippen LogP contribution >= 0.6 is 0 Å². The van der Waals surface area contributed by atoms with Gasteiger partial charge in [0.2, 0.25) is 0 Å². The number of aromatic nitrogens is 4. The molecule has 5 rings (SSSR count). The van der Waals surface area contributed by atoms with Crippen LogP contribution in [0.3, 0.4) is 0 Å². The molecular formula is C26H25F6N7O2. The predicted molar refractivity (Wildman–Crippen MR) is 138 cm³/mol. The zero-order chi connectivity index (χ0) is 29.7. The van der Waals surface area contributed by atoms with Gasteiger partial charge in [0, 0.05) is 30.3 Å². The normalized spacial score (nSPS) is 19.6. The summed E-state index contributed by atoms with van der Waals surface area (Å²) in [6.45, 7) is -1.50. The summed E-state index contributed by atoms with van der Waals surface area (Å²) in [5, 5.41) is 10.1. The second-order valence-electron chi connectivity index (χ2n) is 10.0. The van der Waals surface area contributed by atoms with Crippen molar-refractivity contribution in [2.75, 3.05) is 30.8 Å². The van der Waals surface area contributed by atoms with Gasteiger partial charge in [-0.05, 0) is 29.3 Å². The molecule has 1 aliphatic rings. The number of aliphatic hydroxyl groups is 1. The van der Waals surface area contributed by atoms with Gasteiger partial charge in [0.1, 0.15) is 23.8 Å². The van der Waals surface area contributed by atoms with Gasteiger partial charge in [0.15, 0.2) is 23.0 Å². The number of methoxy groups -OCH3 is 1. The molecule has 3 heterocycles. The highest BCUT2D eigenvalue weighted by Gasteiger charge is 2.53. The molecule has 1 saturated heterocycles. The van der Waals surface area contributed by atoms with Crippen molar-refractivity contribution in [1.82, 2.24) is 19.5 Å². The number of nitrogens with two attached hydrogens (primary N) is 2. The molecular weight excluding hydrogens is 556 g/mol. The number of piperidine rings is 1. The smallest absolute Gasteiger partial charge is 0.267 e. The standard InChI is InChI=1S/C26H25F6N7O2/c1-41-19-6-16(27)15(5-17(19)28)13-2-3-18(39-9-25(34,21(40)22(29)30)8-26(31,32)10-39)14(4-13)7-38-12-37-20-23(33)35-11-36-24(20)38/h2-6,11-12,21-22,40H,7-10,34H2,1H3,(H2,33,35,36). The Morgan fingerprint density at radius 3 is 2.54 bits per heavy atom. The number of benzene rings is 2. The predicted octanol–water partition coefficient (Wildman–Crippen LogP) is 3.58. The molecule has 0 amide bonds. The molecule has 2 aromatic heterocycles. The molecule has 0 aliphatic carbocycles. The first-order valence-electron chi connectivity index (χ1n) is 12.3. The lowest BCUT2D eigenvalue weighted by atomic mass is 9.82. The second-order valence-corrected chi connectivity index (χ2v) is 10.0. The third kappa shape index (κ3) is 5.34. The third-order valence-electron chi connectivity index (χ3n) is 7.07. The summed E-state index contributed by atoms with van der Waals surface area (Å²) >= 11 is 0. The number of fused-ring (bicyclic) bond motifs is 1. The quantitative estimate of drug-likeness (QED) is 0.283. The van der Waals surface area contributed by atoms with E-state index in [1.54, 1.807) is 0 Å². The van der Waals surface area contributed by atoms with Gasteiger partial charge in [-0.15, -0.1) is 0 Å². The van der Waals surface area contributed by atoms with Crippen LogP contribution in [0.5, 0.6) is 5.75 Å². The van der Waals surface area contributed by atoms with E-state index in [-0.39, 0.29) is 40.4 Å². The van der Waals surface area contributed by atoms with Crippen LogP contribution in [0.25, 0.3) is 22.3 Å². The van der Waals surface area contributed by atoms with E-state index < -0.39 is 55.1 Å². The Morgan fingerprint density at radius 1 is 1.07 bits per heavy atom. The topological polar surface area (TPSA) is 128 Å². The molecule has 15 heteroatoms. The molecule has 9 nitrogen and oxygen atoms in total. The van der Waals surface area contributed by atoms with Crippen molar-refractivity contribution in [2.45, 2.75) is 37.0 Å². The van der Waals surface area contributed by atoms with Crippen LogP contribution in [-0.4, -0.2) is 68.8 Å². The highest BCUT2D eigenvalue weighted by molar-refractivity contribution is 5.81. The Balaban J connectivity index is 1.64. The van der Waals surface area contributed by atoms with Crippen molar-refractivity contribution in [1.29, 1.82) is 0 Å². The van der Waals surface area contributed by atoms with Crippen LogP contribution < -0.4 is 21.1 Å². The molecule has 1 fully saturated rings. The average Bonchev–Trinajstić information content (AvgIpc) is 3.32. The summed E-state index contributed by atoms with van der Waals surface area (Å²) in [6.07, 6.45) is -4.44. The summed E-state index contributed by atoms with van der Waals surface area (Å²) in [5.41, 5.74) is 10.6. The fraction of sp³-hybridized carbons (Fsp3) is 0.346. The van der Waals surface area contributed by atoms with E-state index >= 15 is 0 Å². The van der Waals surface area contributed by atoms with Crippen LogP contribution in [0.15, 0.2) is 43.0 Å². The number of imidazole rings is 1. The molecule has 0 radical (unpaired) electrons. The fourth-order valence-electron chi connectivity index (χ4n) is 5.20. The van der Waals surface area contributed by atoms with Crippen molar-refractivity contribution in [3.8, 4) is 16.9 Å². The first-order chi connectivity index (χ1) is 19.3. The third-order valence-corrected chi connectivity index (χ3v) is 7.07. The highest BCUT2D eigenvalue weighted by Crippen LogP contribution is 2.40. The van der Waals surface area contributed by atoms with Crippen molar-refractivity contribution >= 4 is 22.7 Å². The first kappa shape index (κ1) is 28.4. The van der Waals surface area contributed by atoms with Crippen molar-refractivity contribution in [3.05, 3.63) is 60.2 Å². The summed E-state index contributed by atoms with van der Waals surface area (Å²) in [6, 6.07) is 6.02. The van der Waals surface area contributed by atoms with Crippen molar-refractivity contribution in [3.63, 3.8) is 0 Å². The summed E-state index contributed by atoms with van der Waals surface area (Å²) in [5.74, 6) is -5.37. The van der Waals surface area contributed by atoms with E-state index in [1.165, 1.54) is 42.5 Å². The van der Waals surface area contributed by atoms with Gasteiger partial charge in [-0.2, -0.15) is 0 Å². The molecule has 0 saturated carbocycles. The summed E-state index contributed by atoms with van der Waals surface area (Å²) in [7, 11) is 1.19. The molecule has 5 N–H and O–H groups in total. The Bertz CT molecular complexity index is 1600. The minimum atomic E-state index is -3.53. The van der Waals surface area contributed by atoms with Gasteiger partial charge in [0.25, 0.3) is 12.3 Å². The number of rotatable bonds is 7. The molecule has 0 bridgehead atoms. The van der Waals surface area contributed by atoms with Crippen LogP contribution in [-0.2, 0) is 6.54 Å². The van der Waals surface area contributed by atoms with Crippen LogP contribution in [0.2, 0.25) is 0 Å². The lowest BCUT2D eigenvalue weighted by Gasteiger charge is -2.47. The van der Waals surface area contributed by atoms with E-state index in [9.17, 15) is 31.4 Å². The molecule has 218 valence electrons. The van der Waals surface area contributed by atoms with E-state index in [2.05, 4.69) is 15.0 Å². The molecule has 41 heavy (non-hydrogen) atoms. The second kappa shape index (κ2) is 10.4. The monoisotopic (exact) mass is 581 g/mol. The number of hydrogen-bond donors (Lipinski definition) is 3. The summed E-state index contributed by atoms with van der Waals surface area (Å²) in [4.78, 5) is 13.3. The Labute approximate surface area is 229 Å². The maximum absolute atomic E-state index is 15.0. The number of nitrogen functional groups attached to an aromatic ring is 1. The lowest BCUT2D eigenvalue weighted by molar-refractivity contribution is -0.102. The number of nitrogens with zero attached hydrogens (tertiary/aromatic N) is 5. The number of hydrogen-bond acceptors (Lipinski definition) is 8. The lowest BCUT2D eigenvalue weighted by Crippen LogP contribution is -2.68. The van der Waals surface area contributed by atoms with Gasteiger partial charge in [-0.25, -0.2) is 41.3 Å². The van der Waals surface area contributed by atoms with E-state index in [0.29, 0.717) is 11.2 Å². The van der Waals surface area contributed by atoms with Gasteiger partial charge in [-0.3, -0.25) is 0 Å². The van der Waals surface area contributed by atoms with Crippen LogP contribution in [0.4, 0.5) is 37.8 Å². The fourth-order valence-corrected chi connectivity index (χ4v) is 5.20. The first-order valence-corrected chi connectivity index (χ1v) is 12.3. The number of ether oxygens (including phenoxy) is 1. The van der Waals surface area contributed by atoms with E-state index in [0.717, 1.165) is 17.0 Å². The number of anilines is 2. The zero-order valence-corrected chi connectivity index (χ0v) is 21.5. The molecule has 2 atom stereocenters. The van der Waals surface area contributed by atoms with E-state index in [4.69, 9.17) is 16.2 Å². The molecule has 2 unspecified atom stereocenters. The Kier molecular flexibility index (Phi) is 7.19. The van der Waals surface area contributed by atoms with Crippen LogP contribution in [0, 0.1) is 11.6 Å². The minimum Gasteiger partial charge on any atom is -0.494 e. The molecule has 1 aliphatic heterocycles. The zero-order valence-electron chi connectivity index (χ0n) is 21.5. The Morgan fingerprint density at radius 2 is 1.83 bits per heavy atom. The van der Waals surface area contributed by atoms with Crippen molar-refractivity contribution < 1.29 is 36.2 Å². The molecule has 4 aromatic rings. The van der Waals surface area contributed by atoms with Gasteiger partial charge in [0.05, 0.1) is 32.1 Å². The molecule has 2 aromatic carbocycles. The average molecular weight is 582 g/mol. The number of alkyl halides is 4. The van der Waals surface area contributed by atoms with Gasteiger partial charge < -0.3 is 30.8 Å². The summed E-state index contributed by atoms with van der Waals surface area (Å²) < 4.78 is 92.5. The largest absolute Gasteiger partial charge is 0.494 e. The maximum atomic E-state index is 15.0. The SMILES string of the molecule is COc1cc(F)c(-c2ccc(N3CC(F)(F)CC(N)(C(O)C(F)F)C3)c(Cn3cnc4c(N)ncnc43)c2)cc1F. The number of halogens is 6. The maximum Gasteiger partial charge on any atom is 0.267 e. The number of aliphatic hydroxyl groups excluding tert-OH is 1. The van der Waals surface area contributed by atoms with Crippen molar-refractivity contribution in [2.24, 2.45) is 5.73 Å². The van der Waals surface area contributed by atoms with E-state index in [1.807, 2.05) is 0 Å². The minimum absolute atomic E-state index is 0.0760. The highest BCUT2D eigenvalue weighted by atomic mass is 19.3. The van der Waals surface area contributed by atoms with Crippen LogP contribution in [0.1, 0.15) is 12.0 Å². The molecule has 0 spiro atoms.